The molecule has 0 aliphatic heterocycles. The molecule has 0 unspecified atom stereocenters. The summed E-state index contributed by atoms with van der Waals surface area (Å²) in [6.45, 7) is 2.35. The number of H-pyrrole nitrogens is 1. The number of aromatic amines is 1. The quantitative estimate of drug-likeness (QED) is 0.621. The van der Waals surface area contributed by atoms with E-state index >= 15 is 0 Å². The van der Waals surface area contributed by atoms with Gasteiger partial charge in [-0.05, 0) is 19.8 Å². The van der Waals surface area contributed by atoms with Gasteiger partial charge in [0.15, 0.2) is 5.03 Å². The van der Waals surface area contributed by atoms with E-state index in [1.54, 1.807) is 14.1 Å². The highest BCUT2D eigenvalue weighted by Gasteiger charge is 2.26. The van der Waals surface area contributed by atoms with Crippen molar-refractivity contribution < 1.29 is 8.42 Å². The molecule has 3 N–H and O–H groups in total. The van der Waals surface area contributed by atoms with Gasteiger partial charge in [-0.2, -0.15) is 5.10 Å². The van der Waals surface area contributed by atoms with Gasteiger partial charge in [0.2, 0.25) is 0 Å². The van der Waals surface area contributed by atoms with E-state index in [1.165, 1.54) is 5.01 Å². The number of nitrogens with one attached hydrogen (secondary N) is 3. The molecule has 8 heteroatoms. The molecular formula is C10H19N5O2S. The Bertz CT molecular complexity index is 518. The third kappa shape index (κ3) is 3.08. The number of hydrogen-bond acceptors (Lipinski definition) is 5. The van der Waals surface area contributed by atoms with Crippen LogP contribution >= 0.6 is 0 Å². The molecule has 1 fully saturated rings. The Morgan fingerprint density at radius 2 is 2.11 bits per heavy atom. The summed E-state index contributed by atoms with van der Waals surface area (Å²) >= 11 is 0. The summed E-state index contributed by atoms with van der Waals surface area (Å²) in [5, 5.41) is 11.4. The fourth-order valence-corrected chi connectivity index (χ4v) is 2.96. The second-order valence-corrected chi connectivity index (χ2v) is 6.35. The lowest BCUT2D eigenvalue weighted by Gasteiger charge is -2.12. The number of rotatable bonds is 6. The minimum Gasteiger partial charge on any atom is -0.310 e. The van der Waals surface area contributed by atoms with Crippen LogP contribution < -0.4 is 10.1 Å². The second-order valence-electron chi connectivity index (χ2n) is 4.78. The van der Waals surface area contributed by atoms with Gasteiger partial charge < -0.3 is 5.32 Å². The van der Waals surface area contributed by atoms with E-state index in [2.05, 4.69) is 20.3 Å². The summed E-state index contributed by atoms with van der Waals surface area (Å²) in [5.74, 6) is 0. The minimum absolute atomic E-state index is 0.0712. The summed E-state index contributed by atoms with van der Waals surface area (Å²) in [5.41, 5.74) is 1.48. The molecule has 0 bridgehead atoms. The lowest BCUT2D eigenvalue weighted by molar-refractivity contribution is 0.363. The topological polar surface area (TPSA) is 90.1 Å². The Morgan fingerprint density at radius 1 is 1.44 bits per heavy atom. The van der Waals surface area contributed by atoms with Crippen LogP contribution in [-0.4, -0.2) is 43.8 Å². The van der Waals surface area contributed by atoms with Crippen LogP contribution in [0.5, 0.6) is 0 Å². The van der Waals surface area contributed by atoms with Gasteiger partial charge in [0.1, 0.15) is 0 Å². The van der Waals surface area contributed by atoms with Gasteiger partial charge in [-0.1, -0.05) is 0 Å². The van der Waals surface area contributed by atoms with Crippen molar-refractivity contribution in [3.05, 3.63) is 11.3 Å². The first-order valence-electron chi connectivity index (χ1n) is 5.87. The lowest BCUT2D eigenvalue weighted by Crippen LogP contribution is -2.37. The normalized spacial score (nSPS) is 16.4. The number of hydrogen-bond donors (Lipinski definition) is 3. The first-order chi connectivity index (χ1) is 8.40. The van der Waals surface area contributed by atoms with Crippen LogP contribution in [0.4, 0.5) is 0 Å². The number of hydrazine groups is 1. The zero-order valence-corrected chi connectivity index (χ0v) is 11.6. The number of nitrogens with zero attached hydrogens (tertiary/aromatic N) is 2. The van der Waals surface area contributed by atoms with Crippen LogP contribution in [0.15, 0.2) is 5.03 Å². The molecule has 7 nitrogen and oxygen atoms in total. The van der Waals surface area contributed by atoms with Crippen LogP contribution in [0.3, 0.4) is 0 Å². The molecule has 1 aliphatic carbocycles. The highest BCUT2D eigenvalue weighted by atomic mass is 32.2. The summed E-state index contributed by atoms with van der Waals surface area (Å²) in [4.78, 5) is 2.39. The van der Waals surface area contributed by atoms with Crippen molar-refractivity contribution in [2.75, 3.05) is 14.1 Å². The average molecular weight is 273 g/mol. The molecule has 0 amide bonds. The molecule has 0 atom stereocenters. The third-order valence-corrected chi connectivity index (χ3v) is 4.19. The summed E-state index contributed by atoms with van der Waals surface area (Å²) < 4.78 is 24.1. The Balaban J connectivity index is 2.20. The van der Waals surface area contributed by atoms with E-state index in [0.29, 0.717) is 18.2 Å². The Hall–Kier alpha value is -0.960. The lowest BCUT2D eigenvalue weighted by atomic mass is 10.2. The highest BCUT2D eigenvalue weighted by molar-refractivity contribution is 7.89. The SMILES string of the molecule is Cc1[nH]nc(S(=O)(=O)NN(C)C)c1CNC1CC1. The van der Waals surface area contributed by atoms with E-state index in [0.717, 1.165) is 18.5 Å². The average Bonchev–Trinajstić information content (AvgIpc) is 2.97. The van der Waals surface area contributed by atoms with E-state index in [9.17, 15) is 8.42 Å². The fourth-order valence-electron chi connectivity index (χ4n) is 1.68. The fraction of sp³-hybridized carbons (Fsp3) is 0.700. The van der Waals surface area contributed by atoms with Crippen LogP contribution in [0, 0.1) is 6.92 Å². The zero-order valence-electron chi connectivity index (χ0n) is 10.8. The number of aryl methyl sites for hydroxylation is 1. The van der Waals surface area contributed by atoms with E-state index in [-0.39, 0.29) is 5.03 Å². The summed E-state index contributed by atoms with van der Waals surface area (Å²) in [6, 6.07) is 0.525. The van der Waals surface area contributed by atoms with Crippen LogP contribution in [-0.2, 0) is 16.6 Å². The molecule has 1 aromatic rings. The highest BCUT2D eigenvalue weighted by Crippen LogP contribution is 2.21. The maximum Gasteiger partial charge on any atom is 0.273 e. The molecule has 0 radical (unpaired) electrons. The molecule has 0 saturated heterocycles. The van der Waals surface area contributed by atoms with Crippen molar-refractivity contribution in [2.24, 2.45) is 0 Å². The van der Waals surface area contributed by atoms with E-state index < -0.39 is 10.0 Å². The number of sulfonamides is 1. The Kier molecular flexibility index (Phi) is 3.71. The summed E-state index contributed by atoms with van der Waals surface area (Å²) in [7, 11) is -0.355. The van der Waals surface area contributed by atoms with Crippen molar-refractivity contribution in [1.82, 2.24) is 25.4 Å². The predicted octanol–water partition coefficient (Wildman–Crippen LogP) is -0.275. The second kappa shape index (κ2) is 4.96. The van der Waals surface area contributed by atoms with Gasteiger partial charge in [-0.25, -0.2) is 13.4 Å². The third-order valence-electron chi connectivity index (χ3n) is 2.74. The van der Waals surface area contributed by atoms with Crippen LogP contribution in [0.2, 0.25) is 0 Å². The van der Waals surface area contributed by atoms with Gasteiger partial charge in [0.25, 0.3) is 10.0 Å². The van der Waals surface area contributed by atoms with Gasteiger partial charge >= 0.3 is 0 Å². The maximum atomic E-state index is 12.1. The largest absolute Gasteiger partial charge is 0.310 e. The molecule has 102 valence electrons. The molecule has 1 aliphatic rings. The molecule has 1 aromatic heterocycles. The van der Waals surface area contributed by atoms with Crippen molar-refractivity contribution in [3.63, 3.8) is 0 Å². The molecule has 2 rings (SSSR count). The smallest absolute Gasteiger partial charge is 0.273 e. The molecule has 1 heterocycles. The van der Waals surface area contributed by atoms with Crippen LogP contribution in [0.25, 0.3) is 0 Å². The molecular weight excluding hydrogens is 254 g/mol. The van der Waals surface area contributed by atoms with Gasteiger partial charge in [-0.3, -0.25) is 5.10 Å². The van der Waals surface area contributed by atoms with E-state index in [4.69, 9.17) is 0 Å². The molecule has 1 saturated carbocycles. The monoisotopic (exact) mass is 273 g/mol. The molecule has 0 spiro atoms. The van der Waals surface area contributed by atoms with Crippen molar-refractivity contribution in [3.8, 4) is 0 Å². The van der Waals surface area contributed by atoms with Crippen LogP contribution in [0.1, 0.15) is 24.1 Å². The molecule has 18 heavy (non-hydrogen) atoms. The zero-order chi connectivity index (χ0) is 13.3. The van der Waals surface area contributed by atoms with Gasteiger partial charge in [-0.15, -0.1) is 4.83 Å². The van der Waals surface area contributed by atoms with Gasteiger partial charge in [0.05, 0.1) is 0 Å². The Morgan fingerprint density at radius 3 is 2.67 bits per heavy atom. The number of aromatic nitrogens is 2. The van der Waals surface area contributed by atoms with Crippen molar-refractivity contribution in [1.29, 1.82) is 0 Å². The Labute approximate surface area is 107 Å². The van der Waals surface area contributed by atoms with Gasteiger partial charge in [0, 0.05) is 37.9 Å². The van der Waals surface area contributed by atoms with Crippen molar-refractivity contribution in [2.45, 2.75) is 37.4 Å². The first-order valence-corrected chi connectivity index (χ1v) is 7.35. The summed E-state index contributed by atoms with van der Waals surface area (Å²) in [6.07, 6.45) is 2.32. The predicted molar refractivity (Wildman–Crippen MR) is 67.2 cm³/mol. The minimum atomic E-state index is -3.60. The molecule has 0 aromatic carbocycles. The first kappa shape index (κ1) is 13.5. The van der Waals surface area contributed by atoms with E-state index in [1.807, 2.05) is 6.92 Å². The standard InChI is InChI=1S/C10H19N5O2S/c1-7-9(6-11-8-4-5-8)10(13-12-7)18(16,17)14-15(2)3/h8,11,14H,4-6H2,1-3H3,(H,12,13). The van der Waals surface area contributed by atoms with Crippen molar-refractivity contribution >= 4 is 10.0 Å². The maximum absolute atomic E-state index is 12.1.